The number of Topliss-reactive ketones (excluding diaryl/α,β-unsaturated/α-hetero) is 1. The molecule has 4 rings (SSSR count). The van der Waals surface area contributed by atoms with Crippen LogP contribution < -0.4 is 15.5 Å². The molecule has 1 aliphatic heterocycles. The van der Waals surface area contributed by atoms with Gasteiger partial charge in [0.2, 0.25) is 5.91 Å². The number of rotatable bonds is 7. The highest BCUT2D eigenvalue weighted by Gasteiger charge is 2.39. The van der Waals surface area contributed by atoms with E-state index < -0.39 is 11.8 Å². The average molecular weight is 522 g/mol. The first kappa shape index (κ1) is 25.2. The molecule has 2 N–H and O–H groups in total. The van der Waals surface area contributed by atoms with Gasteiger partial charge in [0.15, 0.2) is 5.78 Å². The van der Waals surface area contributed by atoms with Gasteiger partial charge in [-0.05, 0) is 73.5 Å². The van der Waals surface area contributed by atoms with Gasteiger partial charge in [-0.15, -0.1) is 0 Å². The molecule has 3 aromatic rings. The summed E-state index contributed by atoms with van der Waals surface area (Å²) in [6, 6.07) is 18.4. The molecule has 0 fully saturated rings. The van der Waals surface area contributed by atoms with Crippen molar-refractivity contribution in [2.24, 2.45) is 0 Å². The number of carbonyl (C=O) groups excluding carboxylic acids is 4. The Hall–Kier alpha value is -3.94. The Bertz CT molecular complexity index is 1410. The number of imide groups is 1. The zero-order valence-electron chi connectivity index (χ0n) is 19.4. The maximum atomic E-state index is 13.0. The van der Waals surface area contributed by atoms with Gasteiger partial charge < -0.3 is 10.6 Å². The molecule has 9 heteroatoms. The van der Waals surface area contributed by atoms with Crippen LogP contribution in [0.15, 0.2) is 77.5 Å². The molecular formula is C27H21Cl2N3O4. The van der Waals surface area contributed by atoms with Crippen molar-refractivity contribution in [3.63, 3.8) is 0 Å². The molecule has 0 unspecified atom stereocenters. The lowest BCUT2D eigenvalue weighted by Gasteiger charge is -2.16. The van der Waals surface area contributed by atoms with Gasteiger partial charge in [0, 0.05) is 22.0 Å². The van der Waals surface area contributed by atoms with E-state index in [0.717, 1.165) is 16.0 Å². The van der Waals surface area contributed by atoms with Crippen LogP contribution in [0.3, 0.4) is 0 Å². The van der Waals surface area contributed by atoms with Crippen molar-refractivity contribution < 1.29 is 19.2 Å². The monoisotopic (exact) mass is 521 g/mol. The Morgan fingerprint density at radius 1 is 0.861 bits per heavy atom. The Morgan fingerprint density at radius 2 is 1.50 bits per heavy atom. The standard InChI is InChI=1S/C27H21Cl2N3O4/c1-15-3-12-21(14-22(15)28)32-26(35)24(29)25(27(32)36)31-20-8-4-17(5-9-20)13-23(34)30-19-10-6-18(7-11-19)16(2)33/h3-12,14,31H,13H2,1-2H3,(H,30,34). The Morgan fingerprint density at radius 3 is 2.11 bits per heavy atom. The molecule has 0 radical (unpaired) electrons. The molecule has 0 bridgehead atoms. The summed E-state index contributed by atoms with van der Waals surface area (Å²) in [5.41, 5.74) is 3.52. The summed E-state index contributed by atoms with van der Waals surface area (Å²) in [6.07, 6.45) is 0.123. The minimum Gasteiger partial charge on any atom is -0.350 e. The van der Waals surface area contributed by atoms with Gasteiger partial charge >= 0.3 is 0 Å². The molecule has 0 saturated carbocycles. The zero-order valence-corrected chi connectivity index (χ0v) is 20.9. The number of hydrogen-bond donors (Lipinski definition) is 2. The first-order valence-electron chi connectivity index (χ1n) is 11.0. The van der Waals surface area contributed by atoms with Crippen LogP contribution in [0.25, 0.3) is 0 Å². The van der Waals surface area contributed by atoms with Gasteiger partial charge in [0.25, 0.3) is 11.8 Å². The van der Waals surface area contributed by atoms with Crippen LogP contribution in [0.5, 0.6) is 0 Å². The third kappa shape index (κ3) is 5.32. The summed E-state index contributed by atoms with van der Waals surface area (Å²) < 4.78 is 0. The normalized spacial score (nSPS) is 13.3. The topological polar surface area (TPSA) is 95.6 Å². The molecule has 3 amide bonds. The lowest BCUT2D eigenvalue weighted by atomic mass is 10.1. The van der Waals surface area contributed by atoms with Crippen molar-refractivity contribution in [2.75, 3.05) is 15.5 Å². The lowest BCUT2D eigenvalue weighted by Crippen LogP contribution is -2.32. The maximum absolute atomic E-state index is 13.0. The fourth-order valence-electron chi connectivity index (χ4n) is 3.60. The third-order valence-corrected chi connectivity index (χ3v) is 6.36. The fraction of sp³-hybridized carbons (Fsp3) is 0.111. The van der Waals surface area contributed by atoms with Gasteiger partial charge in [-0.1, -0.05) is 41.4 Å². The highest BCUT2D eigenvalue weighted by Crippen LogP contribution is 2.32. The van der Waals surface area contributed by atoms with Gasteiger partial charge in [0.05, 0.1) is 12.1 Å². The molecule has 0 aromatic heterocycles. The number of nitrogens with one attached hydrogen (secondary N) is 2. The maximum Gasteiger partial charge on any atom is 0.283 e. The van der Waals surface area contributed by atoms with E-state index in [4.69, 9.17) is 23.2 Å². The number of hydrogen-bond acceptors (Lipinski definition) is 5. The predicted molar refractivity (Wildman–Crippen MR) is 140 cm³/mol. The molecule has 182 valence electrons. The highest BCUT2D eigenvalue weighted by atomic mass is 35.5. The van der Waals surface area contributed by atoms with Crippen LogP contribution in [0, 0.1) is 6.92 Å². The quantitative estimate of drug-likeness (QED) is 0.317. The van der Waals surface area contributed by atoms with Gasteiger partial charge in [0.1, 0.15) is 10.7 Å². The summed E-state index contributed by atoms with van der Waals surface area (Å²) >= 11 is 12.3. The fourth-order valence-corrected chi connectivity index (χ4v) is 3.98. The number of benzene rings is 3. The molecule has 0 aliphatic carbocycles. The minimum atomic E-state index is -0.645. The van der Waals surface area contributed by atoms with E-state index in [1.165, 1.54) is 13.0 Å². The molecule has 36 heavy (non-hydrogen) atoms. The van der Waals surface area contributed by atoms with E-state index in [-0.39, 0.29) is 28.8 Å². The van der Waals surface area contributed by atoms with E-state index >= 15 is 0 Å². The highest BCUT2D eigenvalue weighted by molar-refractivity contribution is 6.53. The number of anilines is 3. The van der Waals surface area contributed by atoms with Crippen LogP contribution in [0.2, 0.25) is 5.02 Å². The van der Waals surface area contributed by atoms with E-state index in [0.29, 0.717) is 27.6 Å². The van der Waals surface area contributed by atoms with Gasteiger partial charge in [-0.2, -0.15) is 0 Å². The second-order valence-corrected chi connectivity index (χ2v) is 9.03. The zero-order chi connectivity index (χ0) is 26.0. The lowest BCUT2D eigenvalue weighted by molar-refractivity contribution is -0.120. The van der Waals surface area contributed by atoms with Crippen molar-refractivity contribution in [3.8, 4) is 0 Å². The molecule has 0 spiro atoms. The summed E-state index contributed by atoms with van der Waals surface area (Å²) in [4.78, 5) is 50.3. The molecule has 7 nitrogen and oxygen atoms in total. The smallest absolute Gasteiger partial charge is 0.283 e. The van der Waals surface area contributed by atoms with Crippen LogP contribution in [0.4, 0.5) is 17.1 Å². The predicted octanol–water partition coefficient (Wildman–Crippen LogP) is 5.47. The van der Waals surface area contributed by atoms with Crippen molar-refractivity contribution in [3.05, 3.63) is 99.2 Å². The van der Waals surface area contributed by atoms with Crippen molar-refractivity contribution in [1.29, 1.82) is 0 Å². The van der Waals surface area contributed by atoms with Crippen LogP contribution >= 0.6 is 23.2 Å². The number of halogens is 2. The van der Waals surface area contributed by atoms with Crippen molar-refractivity contribution in [1.82, 2.24) is 0 Å². The Balaban J connectivity index is 1.40. The van der Waals surface area contributed by atoms with E-state index in [1.807, 2.05) is 6.92 Å². The molecule has 1 aliphatic rings. The largest absolute Gasteiger partial charge is 0.350 e. The molecule has 1 heterocycles. The summed E-state index contributed by atoms with van der Waals surface area (Å²) in [5.74, 6) is -1.51. The van der Waals surface area contributed by atoms with E-state index in [1.54, 1.807) is 60.7 Å². The summed E-state index contributed by atoms with van der Waals surface area (Å²) in [6.45, 7) is 3.30. The molecule has 0 saturated heterocycles. The van der Waals surface area contributed by atoms with Crippen LogP contribution in [-0.2, 0) is 20.8 Å². The number of carbonyl (C=O) groups is 4. The average Bonchev–Trinajstić information content (AvgIpc) is 3.05. The summed E-state index contributed by atoms with van der Waals surface area (Å²) in [7, 11) is 0. The number of aryl methyl sites for hydroxylation is 1. The first-order valence-corrected chi connectivity index (χ1v) is 11.7. The van der Waals surface area contributed by atoms with E-state index in [9.17, 15) is 19.2 Å². The van der Waals surface area contributed by atoms with Crippen molar-refractivity contribution in [2.45, 2.75) is 20.3 Å². The molecule has 0 atom stereocenters. The van der Waals surface area contributed by atoms with Crippen molar-refractivity contribution >= 4 is 63.8 Å². The van der Waals surface area contributed by atoms with E-state index in [2.05, 4.69) is 10.6 Å². The van der Waals surface area contributed by atoms with Gasteiger partial charge in [-0.25, -0.2) is 4.90 Å². The van der Waals surface area contributed by atoms with Crippen LogP contribution in [-0.4, -0.2) is 23.5 Å². The SMILES string of the molecule is CC(=O)c1ccc(NC(=O)Cc2ccc(NC3=C(Cl)C(=O)N(c4ccc(C)c(Cl)c4)C3=O)cc2)cc1. The summed E-state index contributed by atoms with van der Waals surface area (Å²) in [5, 5.41) is 5.90. The number of ketones is 1. The molecular weight excluding hydrogens is 501 g/mol. The second-order valence-electron chi connectivity index (χ2n) is 8.25. The second kappa shape index (κ2) is 10.4. The minimum absolute atomic E-state index is 0.0436. The Kier molecular flexibility index (Phi) is 7.24. The first-order chi connectivity index (χ1) is 17.1. The van der Waals surface area contributed by atoms with Crippen LogP contribution in [0.1, 0.15) is 28.4 Å². The van der Waals surface area contributed by atoms with Gasteiger partial charge in [-0.3, -0.25) is 19.2 Å². The number of amides is 3. The molecule has 3 aromatic carbocycles. The Labute approximate surface area is 217 Å². The number of nitrogens with zero attached hydrogens (tertiary/aromatic N) is 1. The third-order valence-electron chi connectivity index (χ3n) is 5.60.